The zero-order chi connectivity index (χ0) is 27.8. The van der Waals surface area contributed by atoms with Gasteiger partial charge >= 0.3 is 10.1 Å². The van der Waals surface area contributed by atoms with E-state index in [9.17, 15) is 18.0 Å². The van der Waals surface area contributed by atoms with E-state index in [1.807, 2.05) is 19.1 Å². The van der Waals surface area contributed by atoms with Crippen molar-refractivity contribution in [3.8, 4) is 11.5 Å². The van der Waals surface area contributed by atoms with E-state index in [4.69, 9.17) is 8.92 Å². The number of anilines is 1. The first-order chi connectivity index (χ1) is 18.7. The maximum absolute atomic E-state index is 12.5. The van der Waals surface area contributed by atoms with Crippen molar-refractivity contribution in [1.82, 2.24) is 15.6 Å². The molecule has 200 valence electrons. The van der Waals surface area contributed by atoms with Gasteiger partial charge in [-0.3, -0.25) is 14.9 Å². The molecule has 0 spiro atoms. The molecular weight excluding hydrogens is 542 g/mol. The van der Waals surface area contributed by atoms with Crippen LogP contribution in [0.4, 0.5) is 5.13 Å². The quantitative estimate of drug-likeness (QED) is 0.168. The van der Waals surface area contributed by atoms with Crippen molar-refractivity contribution in [2.75, 3.05) is 12.4 Å². The maximum Gasteiger partial charge on any atom is 0.339 e. The standard InChI is InChI=1S/C26H23N5O6S2/c1-17-8-6-7-11-20(17)25(33)28-26-31-30-24(38-26)15-23(32)29-27-16-18-12-13-21(22(14-18)36-2)37-39(34,35)19-9-4-3-5-10-19/h3-14,16H,15H2,1-2H3,(H,29,32)(H,28,31,33)/b27-16-. The topological polar surface area (TPSA) is 149 Å². The van der Waals surface area contributed by atoms with Gasteiger partial charge in [-0.15, -0.1) is 10.2 Å². The van der Waals surface area contributed by atoms with E-state index in [0.29, 0.717) is 16.1 Å². The summed E-state index contributed by atoms with van der Waals surface area (Å²) in [5, 5.41) is 15.1. The van der Waals surface area contributed by atoms with Gasteiger partial charge in [0.05, 0.1) is 19.7 Å². The third kappa shape index (κ3) is 7.24. The van der Waals surface area contributed by atoms with Crippen LogP contribution in [0.2, 0.25) is 0 Å². The largest absolute Gasteiger partial charge is 0.493 e. The van der Waals surface area contributed by atoms with E-state index in [1.54, 1.807) is 36.4 Å². The summed E-state index contributed by atoms with van der Waals surface area (Å²) >= 11 is 1.08. The number of nitrogens with one attached hydrogen (secondary N) is 2. The van der Waals surface area contributed by atoms with Crippen LogP contribution in [-0.4, -0.2) is 43.8 Å². The van der Waals surface area contributed by atoms with Gasteiger partial charge in [-0.1, -0.05) is 47.7 Å². The molecule has 1 aromatic heterocycles. The average Bonchev–Trinajstić information content (AvgIpc) is 3.36. The van der Waals surface area contributed by atoms with Crippen LogP contribution in [-0.2, 0) is 21.3 Å². The molecule has 11 nitrogen and oxygen atoms in total. The lowest BCUT2D eigenvalue weighted by atomic mass is 10.1. The minimum absolute atomic E-state index is 0.00382. The Labute approximate surface area is 228 Å². The lowest BCUT2D eigenvalue weighted by Crippen LogP contribution is -2.19. The van der Waals surface area contributed by atoms with Crippen molar-refractivity contribution in [1.29, 1.82) is 0 Å². The molecule has 0 saturated heterocycles. The number of hydrogen-bond acceptors (Lipinski definition) is 10. The summed E-state index contributed by atoms with van der Waals surface area (Å²) in [6.07, 6.45) is 1.27. The Bertz CT molecular complexity index is 1620. The number of amides is 2. The number of hydrogen-bond donors (Lipinski definition) is 2. The van der Waals surface area contributed by atoms with Crippen molar-refractivity contribution in [2.24, 2.45) is 5.10 Å². The van der Waals surface area contributed by atoms with E-state index >= 15 is 0 Å². The number of ether oxygens (including phenoxy) is 1. The molecule has 0 fully saturated rings. The van der Waals surface area contributed by atoms with Gasteiger partial charge < -0.3 is 8.92 Å². The van der Waals surface area contributed by atoms with Crippen molar-refractivity contribution >= 4 is 44.6 Å². The van der Waals surface area contributed by atoms with Crippen LogP contribution >= 0.6 is 11.3 Å². The SMILES string of the molecule is COc1cc(/C=N\NC(=O)Cc2nnc(NC(=O)c3ccccc3C)s2)ccc1OS(=O)(=O)c1ccccc1. The Morgan fingerprint density at radius 1 is 1.00 bits per heavy atom. The monoisotopic (exact) mass is 565 g/mol. The van der Waals surface area contributed by atoms with E-state index in [-0.39, 0.29) is 33.9 Å². The highest BCUT2D eigenvalue weighted by Gasteiger charge is 2.19. The fraction of sp³-hybridized carbons (Fsp3) is 0.115. The molecule has 0 saturated carbocycles. The predicted octanol–water partition coefficient (Wildman–Crippen LogP) is 3.57. The van der Waals surface area contributed by atoms with E-state index in [2.05, 4.69) is 26.0 Å². The summed E-state index contributed by atoms with van der Waals surface area (Å²) in [7, 11) is -2.67. The van der Waals surface area contributed by atoms with Crippen molar-refractivity contribution in [3.63, 3.8) is 0 Å². The van der Waals surface area contributed by atoms with Gasteiger partial charge in [0.2, 0.25) is 11.0 Å². The van der Waals surface area contributed by atoms with Crippen molar-refractivity contribution in [3.05, 3.63) is 94.5 Å². The second kappa shape index (κ2) is 12.3. The van der Waals surface area contributed by atoms with Gasteiger partial charge in [0.25, 0.3) is 5.91 Å². The van der Waals surface area contributed by atoms with Crippen LogP contribution in [0.5, 0.6) is 11.5 Å². The van der Waals surface area contributed by atoms with Crippen LogP contribution in [0.15, 0.2) is 82.8 Å². The Kier molecular flexibility index (Phi) is 8.63. The first-order valence-electron chi connectivity index (χ1n) is 11.4. The first kappa shape index (κ1) is 27.4. The van der Waals surface area contributed by atoms with E-state index in [1.165, 1.54) is 37.6 Å². The highest BCUT2D eigenvalue weighted by atomic mass is 32.2. The molecule has 0 unspecified atom stereocenters. The van der Waals surface area contributed by atoms with Crippen LogP contribution in [0.1, 0.15) is 26.5 Å². The van der Waals surface area contributed by atoms with Gasteiger partial charge in [-0.05, 0) is 54.4 Å². The Balaban J connectivity index is 1.32. The molecule has 2 amide bonds. The predicted molar refractivity (Wildman–Crippen MR) is 146 cm³/mol. The second-order valence-corrected chi connectivity index (χ2v) is 10.6. The van der Waals surface area contributed by atoms with Crippen LogP contribution in [0.25, 0.3) is 0 Å². The third-order valence-corrected chi connectivity index (χ3v) is 7.30. The molecule has 0 aliphatic carbocycles. The molecule has 13 heteroatoms. The van der Waals surface area contributed by atoms with Crippen LogP contribution < -0.4 is 19.7 Å². The molecule has 4 aromatic rings. The van der Waals surface area contributed by atoms with Crippen LogP contribution in [0.3, 0.4) is 0 Å². The highest BCUT2D eigenvalue weighted by Crippen LogP contribution is 2.30. The lowest BCUT2D eigenvalue weighted by molar-refractivity contribution is -0.120. The molecule has 0 aliphatic heterocycles. The zero-order valence-corrected chi connectivity index (χ0v) is 22.5. The first-order valence-corrected chi connectivity index (χ1v) is 13.7. The number of rotatable bonds is 10. The summed E-state index contributed by atoms with van der Waals surface area (Å²) < 4.78 is 35.5. The molecule has 0 bridgehead atoms. The molecule has 0 atom stereocenters. The fourth-order valence-corrected chi connectivity index (χ4v) is 5.00. The molecule has 4 rings (SSSR count). The van der Waals surface area contributed by atoms with Gasteiger partial charge in [0, 0.05) is 5.56 Å². The summed E-state index contributed by atoms with van der Waals surface area (Å²) in [5.41, 5.74) is 4.26. The number of carbonyl (C=O) groups is 2. The number of aryl methyl sites for hydroxylation is 1. The maximum atomic E-state index is 12.5. The number of carbonyl (C=O) groups excluding carboxylic acids is 2. The second-order valence-electron chi connectivity index (χ2n) is 8.00. The van der Waals surface area contributed by atoms with Gasteiger partial charge in [-0.2, -0.15) is 13.5 Å². The third-order valence-electron chi connectivity index (χ3n) is 5.21. The van der Waals surface area contributed by atoms with Gasteiger partial charge in [-0.25, -0.2) is 5.43 Å². The zero-order valence-electron chi connectivity index (χ0n) is 20.8. The molecule has 0 radical (unpaired) electrons. The molecular formula is C26H23N5O6S2. The lowest BCUT2D eigenvalue weighted by Gasteiger charge is -2.11. The van der Waals surface area contributed by atoms with E-state index in [0.717, 1.165) is 16.9 Å². The van der Waals surface area contributed by atoms with Gasteiger partial charge in [0.1, 0.15) is 9.90 Å². The summed E-state index contributed by atoms with van der Waals surface area (Å²) in [6.45, 7) is 1.83. The molecule has 39 heavy (non-hydrogen) atoms. The highest BCUT2D eigenvalue weighted by molar-refractivity contribution is 7.87. The van der Waals surface area contributed by atoms with Gasteiger partial charge in [0.15, 0.2) is 11.5 Å². The summed E-state index contributed by atoms with van der Waals surface area (Å²) in [4.78, 5) is 24.7. The number of methoxy groups -OCH3 is 1. The molecule has 3 aromatic carbocycles. The summed E-state index contributed by atoms with van der Waals surface area (Å²) in [6, 6.07) is 19.4. The Morgan fingerprint density at radius 3 is 2.49 bits per heavy atom. The Morgan fingerprint density at radius 2 is 1.74 bits per heavy atom. The minimum atomic E-state index is -4.04. The molecule has 2 N–H and O–H groups in total. The number of aromatic nitrogens is 2. The number of hydrazone groups is 1. The molecule has 1 heterocycles. The minimum Gasteiger partial charge on any atom is -0.493 e. The van der Waals surface area contributed by atoms with Crippen LogP contribution in [0, 0.1) is 6.92 Å². The molecule has 0 aliphatic rings. The fourth-order valence-electron chi connectivity index (χ4n) is 3.31. The number of nitrogens with zero attached hydrogens (tertiary/aromatic N) is 3. The van der Waals surface area contributed by atoms with E-state index < -0.39 is 16.0 Å². The van der Waals surface area contributed by atoms with Crippen molar-refractivity contribution < 1.29 is 26.9 Å². The number of benzene rings is 3. The summed E-state index contributed by atoms with van der Waals surface area (Å²) in [5.74, 6) is -0.586. The smallest absolute Gasteiger partial charge is 0.339 e. The average molecular weight is 566 g/mol. The normalized spacial score (nSPS) is 11.2. The van der Waals surface area contributed by atoms with Crippen molar-refractivity contribution in [2.45, 2.75) is 18.2 Å². The Hall–Kier alpha value is -4.62.